The predicted octanol–water partition coefficient (Wildman–Crippen LogP) is 2.72. The maximum absolute atomic E-state index is 12.5. The lowest BCUT2D eigenvalue weighted by Crippen LogP contribution is -3.00. The number of nitrogens with zero attached hydrogens (tertiary/aromatic N) is 1. The molecule has 0 aromatic rings. The van der Waals surface area contributed by atoms with E-state index in [2.05, 4.69) is 35.0 Å². The predicted molar refractivity (Wildman–Crippen MR) is 104 cm³/mol. The van der Waals surface area contributed by atoms with Crippen LogP contribution in [-0.4, -0.2) is 44.2 Å². The van der Waals surface area contributed by atoms with Crippen LogP contribution < -0.4 is 17.0 Å². The number of esters is 1. The van der Waals surface area contributed by atoms with Gasteiger partial charge in [-0.1, -0.05) is 78.1 Å². The molecule has 25 heavy (non-hydrogen) atoms. The van der Waals surface area contributed by atoms with E-state index < -0.39 is 0 Å². The number of likely N-dealkylation sites (N-methyl/N-ethyl adjacent to an activating group) is 1. The first kappa shape index (κ1) is 27.1. The van der Waals surface area contributed by atoms with Gasteiger partial charge in [0.1, 0.15) is 0 Å². The van der Waals surface area contributed by atoms with Crippen molar-refractivity contribution in [3.8, 4) is 0 Å². The molecule has 1 unspecified atom stereocenters. The minimum atomic E-state index is -0.0173. The lowest BCUT2D eigenvalue weighted by atomic mass is 10.0. The highest BCUT2D eigenvalue weighted by Crippen LogP contribution is 2.16. The smallest absolute Gasteiger partial charge is 0.364 e. The van der Waals surface area contributed by atoms with E-state index in [0.29, 0.717) is 11.1 Å². The fraction of sp³-hybridized carbons (Fsp3) is 0.952. The summed E-state index contributed by atoms with van der Waals surface area (Å²) >= 11 is 0. The summed E-state index contributed by atoms with van der Waals surface area (Å²) in [4.78, 5) is 12.5. The van der Waals surface area contributed by atoms with Gasteiger partial charge in [0.05, 0.1) is 27.7 Å². The standard InChI is InChI=1S/C21H44NO2.BrH/c1-6-8-10-12-14-16-18-20(22(3,4)5)21(23)24-19-17-15-13-11-9-7-2;/h20H,6-19H2,1-5H3;1H/q+1;/p-1. The molecule has 3 nitrogen and oxygen atoms in total. The molecule has 0 aliphatic carbocycles. The van der Waals surface area contributed by atoms with Gasteiger partial charge in [0, 0.05) is 6.42 Å². The normalized spacial score (nSPS) is 12.5. The van der Waals surface area contributed by atoms with Crippen molar-refractivity contribution >= 4 is 5.97 Å². The number of hydrogen-bond donors (Lipinski definition) is 0. The Hall–Kier alpha value is -0.0900. The van der Waals surface area contributed by atoms with Crippen LogP contribution in [0.5, 0.6) is 0 Å². The maximum atomic E-state index is 12.5. The quantitative estimate of drug-likeness (QED) is 0.217. The largest absolute Gasteiger partial charge is 1.00 e. The van der Waals surface area contributed by atoms with Crippen molar-refractivity contribution in [2.75, 3.05) is 27.7 Å². The lowest BCUT2D eigenvalue weighted by molar-refractivity contribution is -0.887. The van der Waals surface area contributed by atoms with Crippen LogP contribution in [0.1, 0.15) is 97.3 Å². The van der Waals surface area contributed by atoms with E-state index in [4.69, 9.17) is 4.74 Å². The summed E-state index contributed by atoms with van der Waals surface area (Å²) in [6.45, 7) is 5.07. The molecule has 1 atom stereocenters. The first-order valence-corrected chi connectivity index (χ1v) is 10.4. The summed E-state index contributed by atoms with van der Waals surface area (Å²) in [5, 5.41) is 0. The van der Waals surface area contributed by atoms with Gasteiger partial charge in [-0.05, 0) is 12.8 Å². The molecule has 0 bridgehead atoms. The topological polar surface area (TPSA) is 26.3 Å². The average molecular weight is 422 g/mol. The van der Waals surface area contributed by atoms with Gasteiger partial charge in [-0.2, -0.15) is 0 Å². The second kappa shape index (κ2) is 17.3. The number of carbonyl (C=O) groups excluding carboxylic acids is 1. The van der Waals surface area contributed by atoms with Crippen LogP contribution in [0.15, 0.2) is 0 Å². The van der Waals surface area contributed by atoms with Crippen LogP contribution in [0.3, 0.4) is 0 Å². The molecule has 0 saturated heterocycles. The van der Waals surface area contributed by atoms with E-state index in [9.17, 15) is 4.79 Å². The zero-order valence-electron chi connectivity index (χ0n) is 17.6. The van der Waals surface area contributed by atoms with Gasteiger partial charge in [0.25, 0.3) is 0 Å². The molecule has 0 rings (SSSR count). The van der Waals surface area contributed by atoms with Crippen molar-refractivity contribution in [2.45, 2.75) is 103 Å². The van der Waals surface area contributed by atoms with Crippen molar-refractivity contribution in [3.63, 3.8) is 0 Å². The molecule has 0 aliphatic heterocycles. The number of halogens is 1. The SMILES string of the molecule is CCCCCCCCOC(=O)C(CCCCCCCC)[N+](C)(C)C.[Br-]. The second-order valence-corrected chi connectivity index (χ2v) is 8.12. The zero-order valence-corrected chi connectivity index (χ0v) is 19.2. The monoisotopic (exact) mass is 421 g/mol. The molecule has 0 spiro atoms. The fourth-order valence-corrected chi connectivity index (χ4v) is 3.09. The molecule has 0 amide bonds. The molecule has 0 fully saturated rings. The Morgan fingerprint density at radius 3 is 1.68 bits per heavy atom. The Morgan fingerprint density at radius 2 is 1.20 bits per heavy atom. The number of hydrogen-bond acceptors (Lipinski definition) is 2. The van der Waals surface area contributed by atoms with Crippen LogP contribution in [0.25, 0.3) is 0 Å². The number of ether oxygens (including phenoxy) is 1. The minimum absolute atomic E-state index is 0. The Balaban J connectivity index is 0. The maximum Gasteiger partial charge on any atom is 0.364 e. The van der Waals surface area contributed by atoms with Gasteiger partial charge in [0.15, 0.2) is 6.04 Å². The number of rotatable bonds is 16. The fourth-order valence-electron chi connectivity index (χ4n) is 3.09. The highest BCUT2D eigenvalue weighted by molar-refractivity contribution is 5.74. The summed E-state index contributed by atoms with van der Waals surface area (Å²) in [5.74, 6) is 0.00427. The van der Waals surface area contributed by atoms with Gasteiger partial charge in [-0.25, -0.2) is 4.79 Å². The molecule has 152 valence electrons. The van der Waals surface area contributed by atoms with Crippen molar-refractivity contribution < 1.29 is 31.0 Å². The van der Waals surface area contributed by atoms with E-state index in [-0.39, 0.29) is 29.0 Å². The third-order valence-corrected chi connectivity index (χ3v) is 4.78. The van der Waals surface area contributed by atoms with Gasteiger partial charge in [-0.15, -0.1) is 0 Å². The van der Waals surface area contributed by atoms with Crippen LogP contribution >= 0.6 is 0 Å². The highest BCUT2D eigenvalue weighted by atomic mass is 79.9. The average Bonchev–Trinajstić information content (AvgIpc) is 2.52. The van der Waals surface area contributed by atoms with Crippen molar-refractivity contribution in [1.29, 1.82) is 0 Å². The molecule has 0 aliphatic rings. The molecular weight excluding hydrogens is 378 g/mol. The molecule has 0 aromatic heterocycles. The lowest BCUT2D eigenvalue weighted by Gasteiger charge is -2.32. The van der Waals surface area contributed by atoms with Crippen LogP contribution in [0, 0.1) is 0 Å². The van der Waals surface area contributed by atoms with Crippen LogP contribution in [0.4, 0.5) is 0 Å². The van der Waals surface area contributed by atoms with E-state index in [1.807, 2.05) is 0 Å². The van der Waals surface area contributed by atoms with Gasteiger partial charge < -0.3 is 26.2 Å². The molecule has 0 radical (unpaired) electrons. The Bertz CT molecular complexity index is 303. The van der Waals surface area contributed by atoms with Crippen LogP contribution in [-0.2, 0) is 9.53 Å². The zero-order chi connectivity index (χ0) is 18.3. The van der Waals surface area contributed by atoms with Gasteiger partial charge in [-0.3, -0.25) is 0 Å². The minimum Gasteiger partial charge on any atom is -1.00 e. The van der Waals surface area contributed by atoms with E-state index in [1.165, 1.54) is 64.2 Å². The molecule has 0 N–H and O–H groups in total. The summed E-state index contributed by atoms with van der Waals surface area (Å²) < 4.78 is 6.25. The summed E-state index contributed by atoms with van der Waals surface area (Å²) in [5.41, 5.74) is 0. The summed E-state index contributed by atoms with van der Waals surface area (Å²) in [6.07, 6.45) is 15.9. The Labute approximate surface area is 168 Å². The molecule has 0 heterocycles. The Morgan fingerprint density at radius 1 is 0.760 bits per heavy atom. The third kappa shape index (κ3) is 15.9. The van der Waals surface area contributed by atoms with E-state index in [1.54, 1.807) is 0 Å². The summed E-state index contributed by atoms with van der Waals surface area (Å²) in [6, 6.07) is -0.0173. The van der Waals surface area contributed by atoms with Crippen molar-refractivity contribution in [2.24, 2.45) is 0 Å². The Kier molecular flexibility index (Phi) is 18.8. The number of unbranched alkanes of at least 4 members (excludes halogenated alkanes) is 10. The first-order valence-electron chi connectivity index (χ1n) is 10.4. The van der Waals surface area contributed by atoms with Gasteiger partial charge in [0.2, 0.25) is 0 Å². The first-order chi connectivity index (χ1) is 11.4. The second-order valence-electron chi connectivity index (χ2n) is 8.12. The van der Waals surface area contributed by atoms with Crippen LogP contribution in [0.2, 0.25) is 0 Å². The van der Waals surface area contributed by atoms with E-state index in [0.717, 1.165) is 19.3 Å². The molecule has 4 heteroatoms. The number of quaternary nitrogens is 1. The van der Waals surface area contributed by atoms with E-state index >= 15 is 0 Å². The highest BCUT2D eigenvalue weighted by Gasteiger charge is 2.32. The molecular formula is C21H44BrNO2. The van der Waals surface area contributed by atoms with Gasteiger partial charge >= 0.3 is 5.97 Å². The molecule has 0 saturated carbocycles. The number of carbonyl (C=O) groups is 1. The third-order valence-electron chi connectivity index (χ3n) is 4.78. The molecule has 0 aromatic carbocycles. The van der Waals surface area contributed by atoms with Crippen molar-refractivity contribution in [3.05, 3.63) is 0 Å². The summed E-state index contributed by atoms with van der Waals surface area (Å²) in [7, 11) is 6.31. The van der Waals surface area contributed by atoms with Crippen molar-refractivity contribution in [1.82, 2.24) is 0 Å².